The molecule has 0 aliphatic carbocycles. The molecule has 6 nitrogen and oxygen atoms in total. The standard InChI is InChI=1S/C47H45N5O/c1-30(2)37-20-14-21-38(31(3)4)44(37)46-49-45(32-15-9-8-10-16-32)50-52(46)34-17-13-18-35(28-34)53-36-23-24-40-39-19-11-12-22-41(39)51(42(40)29-36)43-27-33(25-26-48-43)47(5,6)7/h8-31H,1-7H3. The first-order valence-corrected chi connectivity index (χ1v) is 18.5. The second-order valence-corrected chi connectivity index (χ2v) is 15.4. The van der Waals surface area contributed by atoms with Gasteiger partial charge in [0, 0.05) is 40.2 Å². The molecule has 5 aromatic carbocycles. The molecule has 0 spiro atoms. The summed E-state index contributed by atoms with van der Waals surface area (Å²) in [6.45, 7) is 15.7. The minimum absolute atomic E-state index is 0.00518. The van der Waals surface area contributed by atoms with Gasteiger partial charge in [0.05, 0.1) is 16.7 Å². The smallest absolute Gasteiger partial charge is 0.182 e. The summed E-state index contributed by atoms with van der Waals surface area (Å²) in [4.78, 5) is 10.1. The minimum Gasteiger partial charge on any atom is -0.457 e. The highest BCUT2D eigenvalue weighted by Crippen LogP contribution is 2.39. The summed E-state index contributed by atoms with van der Waals surface area (Å²) in [6.07, 6.45) is 1.91. The van der Waals surface area contributed by atoms with E-state index in [1.54, 1.807) is 0 Å². The van der Waals surface area contributed by atoms with Crippen molar-refractivity contribution in [1.29, 1.82) is 0 Å². The number of hydrogen-bond donors (Lipinski definition) is 0. The van der Waals surface area contributed by atoms with Crippen LogP contribution in [0.25, 0.3) is 56.1 Å². The van der Waals surface area contributed by atoms with E-state index in [0.717, 1.165) is 50.6 Å². The van der Waals surface area contributed by atoms with Crippen LogP contribution < -0.4 is 4.74 Å². The fourth-order valence-corrected chi connectivity index (χ4v) is 7.26. The van der Waals surface area contributed by atoms with Crippen molar-refractivity contribution in [2.24, 2.45) is 0 Å². The summed E-state index contributed by atoms with van der Waals surface area (Å²) < 4.78 is 10.9. The zero-order chi connectivity index (χ0) is 36.9. The zero-order valence-corrected chi connectivity index (χ0v) is 31.5. The van der Waals surface area contributed by atoms with Gasteiger partial charge in [-0.05, 0) is 76.4 Å². The highest BCUT2D eigenvalue weighted by atomic mass is 16.5. The van der Waals surface area contributed by atoms with Crippen LogP contribution in [0.4, 0.5) is 0 Å². The molecular weight excluding hydrogens is 651 g/mol. The second kappa shape index (κ2) is 13.5. The van der Waals surface area contributed by atoms with E-state index < -0.39 is 0 Å². The topological polar surface area (TPSA) is 57.8 Å². The normalized spacial score (nSPS) is 12.0. The molecule has 0 atom stereocenters. The highest BCUT2D eigenvalue weighted by molar-refractivity contribution is 6.09. The molecule has 8 rings (SSSR count). The van der Waals surface area contributed by atoms with Crippen molar-refractivity contribution >= 4 is 21.8 Å². The van der Waals surface area contributed by atoms with Crippen molar-refractivity contribution in [3.05, 3.63) is 150 Å². The fourth-order valence-electron chi connectivity index (χ4n) is 7.26. The molecule has 0 bridgehead atoms. The van der Waals surface area contributed by atoms with Crippen molar-refractivity contribution in [1.82, 2.24) is 24.3 Å². The Labute approximate surface area is 311 Å². The van der Waals surface area contributed by atoms with Crippen LogP contribution >= 0.6 is 0 Å². The molecule has 0 saturated carbocycles. The number of ether oxygens (including phenoxy) is 1. The lowest BCUT2D eigenvalue weighted by Gasteiger charge is -2.20. The molecule has 53 heavy (non-hydrogen) atoms. The van der Waals surface area contributed by atoms with E-state index in [1.807, 2.05) is 53.3 Å². The third-order valence-corrected chi connectivity index (χ3v) is 10.0. The van der Waals surface area contributed by atoms with Crippen molar-refractivity contribution in [3.8, 4) is 45.8 Å². The Bertz CT molecular complexity index is 2560. The molecule has 6 heteroatoms. The van der Waals surface area contributed by atoms with Gasteiger partial charge in [-0.25, -0.2) is 14.6 Å². The van der Waals surface area contributed by atoms with Gasteiger partial charge in [0.25, 0.3) is 0 Å². The van der Waals surface area contributed by atoms with E-state index >= 15 is 0 Å². The largest absolute Gasteiger partial charge is 0.457 e. The van der Waals surface area contributed by atoms with E-state index in [4.69, 9.17) is 19.8 Å². The van der Waals surface area contributed by atoms with Crippen LogP contribution in [-0.2, 0) is 5.41 Å². The monoisotopic (exact) mass is 695 g/mol. The predicted molar refractivity (Wildman–Crippen MR) is 218 cm³/mol. The van der Waals surface area contributed by atoms with Crippen LogP contribution in [0.15, 0.2) is 134 Å². The molecule has 3 aromatic heterocycles. The van der Waals surface area contributed by atoms with Gasteiger partial charge in [0.15, 0.2) is 11.6 Å². The Morgan fingerprint density at radius 3 is 2.04 bits per heavy atom. The Hall–Kier alpha value is -6.01. The van der Waals surface area contributed by atoms with Crippen molar-refractivity contribution in [2.45, 2.75) is 65.7 Å². The van der Waals surface area contributed by atoms with Gasteiger partial charge in [-0.3, -0.25) is 4.57 Å². The minimum atomic E-state index is -0.00518. The summed E-state index contributed by atoms with van der Waals surface area (Å²) in [6, 6.07) is 44.1. The summed E-state index contributed by atoms with van der Waals surface area (Å²) in [7, 11) is 0. The van der Waals surface area contributed by atoms with Crippen LogP contribution in [0.1, 0.15) is 77.0 Å². The third kappa shape index (κ3) is 6.39. The van der Waals surface area contributed by atoms with E-state index in [1.165, 1.54) is 22.1 Å². The maximum Gasteiger partial charge on any atom is 0.182 e. The predicted octanol–water partition coefficient (Wildman–Crippen LogP) is 12.4. The number of rotatable bonds is 8. The average Bonchev–Trinajstić information content (AvgIpc) is 3.74. The maximum absolute atomic E-state index is 6.68. The second-order valence-electron chi connectivity index (χ2n) is 15.4. The van der Waals surface area contributed by atoms with Gasteiger partial charge in [0.2, 0.25) is 0 Å². The lowest BCUT2D eigenvalue weighted by molar-refractivity contribution is 0.483. The molecule has 0 aliphatic rings. The Morgan fingerprint density at radius 2 is 1.30 bits per heavy atom. The summed E-state index contributed by atoms with van der Waals surface area (Å²) in [5, 5.41) is 7.47. The summed E-state index contributed by atoms with van der Waals surface area (Å²) in [5.41, 5.74) is 8.86. The summed E-state index contributed by atoms with van der Waals surface area (Å²) in [5.74, 6) is 4.45. The molecule has 264 valence electrons. The quantitative estimate of drug-likeness (QED) is 0.159. The SMILES string of the molecule is CC(C)c1cccc(C(C)C)c1-c1nc(-c2ccccc2)nn1-c1cccc(Oc2ccc3c4ccccc4n(-c4cc(C(C)(C)C)ccn4)c3c2)c1. The molecule has 0 aliphatic heterocycles. The number of nitrogens with zero attached hydrogens (tertiary/aromatic N) is 5. The molecule has 0 fully saturated rings. The van der Waals surface area contributed by atoms with Crippen molar-refractivity contribution < 1.29 is 4.74 Å². The zero-order valence-electron chi connectivity index (χ0n) is 31.5. The molecule has 0 amide bonds. The maximum atomic E-state index is 6.68. The number of hydrogen-bond acceptors (Lipinski definition) is 4. The Balaban J connectivity index is 1.24. The highest BCUT2D eigenvalue weighted by Gasteiger charge is 2.24. The van der Waals surface area contributed by atoms with E-state index in [0.29, 0.717) is 23.4 Å². The number of para-hydroxylation sites is 1. The van der Waals surface area contributed by atoms with Crippen molar-refractivity contribution in [2.75, 3.05) is 0 Å². The van der Waals surface area contributed by atoms with Crippen LogP contribution in [0.2, 0.25) is 0 Å². The molecule has 0 radical (unpaired) electrons. The lowest BCUT2D eigenvalue weighted by Crippen LogP contribution is -2.12. The Kier molecular flexibility index (Phi) is 8.70. The molecule has 0 saturated heterocycles. The van der Waals surface area contributed by atoms with Crippen LogP contribution in [0.5, 0.6) is 11.5 Å². The molecule has 8 aromatic rings. The molecule has 3 heterocycles. The van der Waals surface area contributed by atoms with Gasteiger partial charge < -0.3 is 4.74 Å². The first kappa shape index (κ1) is 34.1. The molecular formula is C47H45N5O. The number of aromatic nitrogens is 5. The number of fused-ring (bicyclic) bond motifs is 3. The average molecular weight is 696 g/mol. The van der Waals surface area contributed by atoms with Crippen LogP contribution in [0.3, 0.4) is 0 Å². The van der Waals surface area contributed by atoms with Crippen LogP contribution in [-0.4, -0.2) is 24.3 Å². The van der Waals surface area contributed by atoms with Crippen LogP contribution in [0, 0.1) is 0 Å². The third-order valence-electron chi connectivity index (χ3n) is 10.0. The van der Waals surface area contributed by atoms with Gasteiger partial charge in [-0.1, -0.05) is 121 Å². The van der Waals surface area contributed by atoms with Crippen molar-refractivity contribution in [3.63, 3.8) is 0 Å². The first-order valence-electron chi connectivity index (χ1n) is 18.5. The van der Waals surface area contributed by atoms with Gasteiger partial charge in [-0.15, -0.1) is 5.10 Å². The Morgan fingerprint density at radius 1 is 0.623 bits per heavy atom. The van der Waals surface area contributed by atoms with Gasteiger partial charge in [-0.2, -0.15) is 0 Å². The van der Waals surface area contributed by atoms with Gasteiger partial charge in [0.1, 0.15) is 17.3 Å². The van der Waals surface area contributed by atoms with E-state index in [-0.39, 0.29) is 5.41 Å². The first-order chi connectivity index (χ1) is 25.6. The van der Waals surface area contributed by atoms with Gasteiger partial charge >= 0.3 is 0 Å². The van der Waals surface area contributed by atoms with E-state index in [2.05, 4.69) is 138 Å². The van der Waals surface area contributed by atoms with E-state index in [9.17, 15) is 0 Å². The molecule has 0 N–H and O–H groups in total. The fraction of sp³-hybridized carbons (Fsp3) is 0.213. The number of benzene rings is 5. The molecule has 0 unspecified atom stereocenters. The lowest BCUT2D eigenvalue weighted by atomic mass is 9.88. The summed E-state index contributed by atoms with van der Waals surface area (Å²) >= 11 is 0. The number of pyridine rings is 1.